The minimum atomic E-state index is -0.157. The van der Waals surface area contributed by atoms with Gasteiger partial charge in [-0.25, -0.2) is 10.1 Å². The summed E-state index contributed by atoms with van der Waals surface area (Å²) in [6.07, 6.45) is 4.64. The lowest BCUT2D eigenvalue weighted by atomic mass is 10.1. The topological polar surface area (TPSA) is 79.7 Å². The van der Waals surface area contributed by atoms with Crippen LogP contribution in [0.2, 0.25) is 0 Å². The molecule has 0 radical (unpaired) electrons. The second-order valence-corrected chi connectivity index (χ2v) is 6.26. The highest BCUT2D eigenvalue weighted by atomic mass is 16.1. The molecule has 1 saturated carbocycles. The van der Waals surface area contributed by atoms with Crippen molar-refractivity contribution in [3.63, 3.8) is 0 Å². The van der Waals surface area contributed by atoms with E-state index in [1.165, 1.54) is 12.8 Å². The molecule has 2 aromatic heterocycles. The molecule has 1 aliphatic heterocycles. The molecule has 2 aliphatic rings. The molecule has 0 spiro atoms. The maximum absolute atomic E-state index is 11.2. The van der Waals surface area contributed by atoms with Crippen LogP contribution in [0.1, 0.15) is 55.0 Å². The molecule has 1 saturated heterocycles. The highest BCUT2D eigenvalue weighted by Gasteiger charge is 2.31. The van der Waals surface area contributed by atoms with Gasteiger partial charge in [-0.3, -0.25) is 14.4 Å². The summed E-state index contributed by atoms with van der Waals surface area (Å²) in [5.41, 5.74) is 0.775. The predicted octanol–water partition coefficient (Wildman–Crippen LogP) is 1.11. The zero-order valence-electron chi connectivity index (χ0n) is 12.7. The number of nitrogens with one attached hydrogen (secondary N) is 1. The van der Waals surface area contributed by atoms with Gasteiger partial charge in [0.05, 0.1) is 18.3 Å². The average Bonchev–Trinajstić information content (AvgIpc) is 3.16. The number of aryl methyl sites for hydroxylation is 1. The van der Waals surface area contributed by atoms with Crippen molar-refractivity contribution in [3.8, 4) is 0 Å². The fourth-order valence-corrected chi connectivity index (χ4v) is 3.16. The van der Waals surface area contributed by atoms with E-state index in [-0.39, 0.29) is 11.6 Å². The van der Waals surface area contributed by atoms with Gasteiger partial charge in [0.25, 0.3) is 5.56 Å². The summed E-state index contributed by atoms with van der Waals surface area (Å²) >= 11 is 0. The number of hydrogen-bond acceptors (Lipinski definition) is 5. The molecule has 22 heavy (non-hydrogen) atoms. The molecule has 1 atom stereocenters. The van der Waals surface area contributed by atoms with Crippen LogP contribution in [0.3, 0.4) is 0 Å². The molecule has 116 valence electrons. The first kappa shape index (κ1) is 13.6. The van der Waals surface area contributed by atoms with Gasteiger partial charge in [-0.2, -0.15) is 10.2 Å². The van der Waals surface area contributed by atoms with Crippen LogP contribution >= 0.6 is 0 Å². The van der Waals surface area contributed by atoms with Gasteiger partial charge in [-0.1, -0.05) is 0 Å². The van der Waals surface area contributed by atoms with Gasteiger partial charge in [-0.15, -0.1) is 0 Å². The Bertz CT molecular complexity index is 711. The van der Waals surface area contributed by atoms with Crippen LogP contribution in [0.5, 0.6) is 0 Å². The van der Waals surface area contributed by atoms with E-state index in [4.69, 9.17) is 4.98 Å². The quantitative estimate of drug-likeness (QED) is 0.915. The lowest BCUT2D eigenvalue weighted by Crippen LogP contribution is -2.26. The van der Waals surface area contributed by atoms with Crippen molar-refractivity contribution in [1.29, 1.82) is 0 Å². The molecule has 2 aromatic rings. The van der Waals surface area contributed by atoms with Crippen LogP contribution < -0.4 is 5.56 Å². The number of aromatic nitrogens is 5. The Balaban J connectivity index is 1.53. The van der Waals surface area contributed by atoms with E-state index in [0.29, 0.717) is 5.92 Å². The molecular weight excluding hydrogens is 280 g/mol. The maximum Gasteiger partial charge on any atom is 0.264 e. The second-order valence-electron chi connectivity index (χ2n) is 6.26. The zero-order valence-corrected chi connectivity index (χ0v) is 12.7. The molecule has 7 heteroatoms. The standard InChI is InChI=1S/C15H20N6O/c1-20-13(16-15(19-20)10-4-5-10)9-21-8-2-3-12(21)11-6-7-14(22)18-17-11/h6-7,10,12H,2-5,8-9H2,1H3,(H,18,22). The van der Waals surface area contributed by atoms with Gasteiger partial charge in [0.15, 0.2) is 5.82 Å². The van der Waals surface area contributed by atoms with Crippen LogP contribution in [0.25, 0.3) is 0 Å². The van der Waals surface area contributed by atoms with Crippen LogP contribution in [0.4, 0.5) is 0 Å². The van der Waals surface area contributed by atoms with Gasteiger partial charge in [0.2, 0.25) is 0 Å². The van der Waals surface area contributed by atoms with Gasteiger partial charge in [0.1, 0.15) is 5.82 Å². The molecule has 0 amide bonds. The smallest absolute Gasteiger partial charge is 0.264 e. The summed E-state index contributed by atoms with van der Waals surface area (Å²) in [6, 6.07) is 3.62. The van der Waals surface area contributed by atoms with Crippen LogP contribution in [-0.4, -0.2) is 36.4 Å². The molecular formula is C15H20N6O. The number of rotatable bonds is 4. The van der Waals surface area contributed by atoms with Crippen molar-refractivity contribution in [2.24, 2.45) is 7.05 Å². The Kier molecular flexibility index (Phi) is 3.29. The first-order valence-electron chi connectivity index (χ1n) is 7.90. The molecule has 1 aliphatic carbocycles. The molecule has 0 aromatic carbocycles. The Morgan fingerprint density at radius 2 is 2.18 bits per heavy atom. The average molecular weight is 300 g/mol. The van der Waals surface area contributed by atoms with Crippen LogP contribution in [-0.2, 0) is 13.6 Å². The minimum Gasteiger partial charge on any atom is -0.287 e. The van der Waals surface area contributed by atoms with Crippen LogP contribution in [0.15, 0.2) is 16.9 Å². The van der Waals surface area contributed by atoms with Gasteiger partial charge in [0, 0.05) is 19.0 Å². The zero-order chi connectivity index (χ0) is 15.1. The third kappa shape index (κ3) is 2.56. The molecule has 1 N–H and O–H groups in total. The van der Waals surface area contributed by atoms with Crippen molar-refractivity contribution in [3.05, 3.63) is 39.8 Å². The number of H-pyrrole nitrogens is 1. The highest BCUT2D eigenvalue weighted by molar-refractivity contribution is 5.10. The van der Waals surface area contributed by atoms with E-state index in [0.717, 1.165) is 43.3 Å². The summed E-state index contributed by atoms with van der Waals surface area (Å²) < 4.78 is 1.91. The minimum absolute atomic E-state index is 0.157. The molecule has 7 nitrogen and oxygen atoms in total. The number of hydrogen-bond donors (Lipinski definition) is 1. The Morgan fingerprint density at radius 3 is 2.91 bits per heavy atom. The third-order valence-electron chi connectivity index (χ3n) is 4.56. The fraction of sp³-hybridized carbons (Fsp3) is 0.600. The highest BCUT2D eigenvalue weighted by Crippen LogP contribution is 2.38. The van der Waals surface area contributed by atoms with E-state index in [2.05, 4.69) is 20.2 Å². The largest absolute Gasteiger partial charge is 0.287 e. The van der Waals surface area contributed by atoms with E-state index < -0.39 is 0 Å². The fourth-order valence-electron chi connectivity index (χ4n) is 3.16. The molecule has 1 unspecified atom stereocenters. The molecule has 0 bridgehead atoms. The summed E-state index contributed by atoms with van der Waals surface area (Å²) in [5, 5.41) is 11.3. The molecule has 4 rings (SSSR count). The Hall–Kier alpha value is -2.02. The lowest BCUT2D eigenvalue weighted by Gasteiger charge is -2.22. The normalized spacial score (nSPS) is 22.3. The molecule has 3 heterocycles. The van der Waals surface area contributed by atoms with Crippen LogP contribution in [0, 0.1) is 0 Å². The van der Waals surface area contributed by atoms with E-state index in [1.807, 2.05) is 17.8 Å². The number of nitrogens with zero attached hydrogens (tertiary/aromatic N) is 5. The first-order chi connectivity index (χ1) is 10.7. The molecule has 2 fully saturated rings. The van der Waals surface area contributed by atoms with Crippen molar-refractivity contribution in [2.45, 2.75) is 44.2 Å². The summed E-state index contributed by atoms with van der Waals surface area (Å²) in [4.78, 5) is 18.3. The van der Waals surface area contributed by atoms with Crippen molar-refractivity contribution >= 4 is 0 Å². The van der Waals surface area contributed by atoms with E-state index >= 15 is 0 Å². The third-order valence-corrected chi connectivity index (χ3v) is 4.56. The monoisotopic (exact) mass is 300 g/mol. The number of aromatic amines is 1. The Labute approximate surface area is 128 Å². The SMILES string of the molecule is Cn1nc(C2CC2)nc1CN1CCCC1c1ccc(=O)[nH]n1. The van der Waals surface area contributed by atoms with Crippen molar-refractivity contribution in [2.75, 3.05) is 6.54 Å². The van der Waals surface area contributed by atoms with Crippen molar-refractivity contribution < 1.29 is 0 Å². The van der Waals surface area contributed by atoms with E-state index in [1.54, 1.807) is 6.07 Å². The summed E-state index contributed by atoms with van der Waals surface area (Å²) in [6.45, 7) is 1.80. The van der Waals surface area contributed by atoms with Gasteiger partial charge >= 0.3 is 0 Å². The van der Waals surface area contributed by atoms with Crippen molar-refractivity contribution in [1.82, 2.24) is 29.9 Å². The maximum atomic E-state index is 11.2. The Morgan fingerprint density at radius 1 is 1.32 bits per heavy atom. The first-order valence-corrected chi connectivity index (χ1v) is 7.90. The van der Waals surface area contributed by atoms with E-state index in [9.17, 15) is 4.79 Å². The lowest BCUT2D eigenvalue weighted by molar-refractivity contribution is 0.234. The summed E-state index contributed by atoms with van der Waals surface area (Å²) in [5.74, 6) is 2.59. The second kappa shape index (κ2) is 5.31. The number of likely N-dealkylation sites (tertiary alicyclic amines) is 1. The predicted molar refractivity (Wildman–Crippen MR) is 80.2 cm³/mol. The van der Waals surface area contributed by atoms with Gasteiger partial charge < -0.3 is 0 Å². The summed E-state index contributed by atoms with van der Waals surface area (Å²) in [7, 11) is 1.97. The van der Waals surface area contributed by atoms with Gasteiger partial charge in [-0.05, 0) is 38.3 Å².